The fourth-order valence-corrected chi connectivity index (χ4v) is 3.43. The molecule has 2 aromatic carbocycles. The maximum absolute atomic E-state index is 2.33. The lowest BCUT2D eigenvalue weighted by atomic mass is 9.94. The van der Waals surface area contributed by atoms with Crippen LogP contribution < -0.4 is 0 Å². The minimum Gasteiger partial charge on any atom is -0.142 e. The Bertz CT molecular complexity index is 551. The molecule has 0 unspecified atom stereocenters. The summed E-state index contributed by atoms with van der Waals surface area (Å²) in [5.41, 5.74) is 1.43. The fourth-order valence-electron chi connectivity index (χ4n) is 2.37. The molecule has 0 bridgehead atoms. The first-order valence-electron chi connectivity index (χ1n) is 5.59. The maximum Gasteiger partial charge on any atom is 0.0569 e. The Morgan fingerprint density at radius 2 is 1.88 bits per heavy atom. The number of benzene rings is 2. The van der Waals surface area contributed by atoms with E-state index in [4.69, 9.17) is 0 Å². The van der Waals surface area contributed by atoms with Crippen molar-refractivity contribution in [3.63, 3.8) is 0 Å². The zero-order chi connectivity index (χ0) is 11.0. The Morgan fingerprint density at radius 1 is 1.06 bits per heavy atom. The zero-order valence-corrected chi connectivity index (χ0v) is 10.1. The van der Waals surface area contributed by atoms with Crippen LogP contribution in [0.15, 0.2) is 54.6 Å². The highest BCUT2D eigenvalue weighted by molar-refractivity contribution is 8.00. The van der Waals surface area contributed by atoms with E-state index >= 15 is 0 Å². The minimum absolute atomic E-state index is 0.154. The summed E-state index contributed by atoms with van der Waals surface area (Å²) in [6, 6.07) is 15.2. The number of rotatable bonds is 1. The average molecular weight is 226 g/mol. The van der Waals surface area contributed by atoms with Gasteiger partial charge in [-0.3, -0.25) is 0 Å². The van der Waals surface area contributed by atoms with Crippen LogP contribution in [0, 0.1) is 0 Å². The molecule has 16 heavy (non-hydrogen) atoms. The molecule has 80 valence electrons. The van der Waals surface area contributed by atoms with Crippen LogP contribution in [0.1, 0.15) is 12.5 Å². The Labute approximate surface area is 100 Å². The normalized spacial score (nSPS) is 24.1. The van der Waals surface area contributed by atoms with E-state index in [1.165, 1.54) is 16.3 Å². The molecule has 0 amide bonds. The molecule has 0 N–H and O–H groups in total. The molecule has 2 aromatic rings. The molecule has 1 aliphatic heterocycles. The van der Waals surface area contributed by atoms with E-state index in [-0.39, 0.29) is 4.75 Å². The third-order valence-corrected chi connectivity index (χ3v) is 4.55. The number of thioether (sulfide) groups is 1. The highest BCUT2D eigenvalue weighted by Crippen LogP contribution is 2.44. The quantitative estimate of drug-likeness (QED) is 0.651. The first-order valence-corrected chi connectivity index (χ1v) is 6.58. The summed E-state index contributed by atoms with van der Waals surface area (Å²) >= 11 is 2.00. The van der Waals surface area contributed by atoms with Crippen LogP contribution in [-0.2, 0) is 4.75 Å². The second kappa shape index (κ2) is 3.67. The van der Waals surface area contributed by atoms with Crippen molar-refractivity contribution in [2.75, 3.05) is 5.75 Å². The van der Waals surface area contributed by atoms with Crippen LogP contribution >= 0.6 is 11.8 Å². The summed E-state index contributed by atoms with van der Waals surface area (Å²) in [5.74, 6) is 1.12. The zero-order valence-electron chi connectivity index (χ0n) is 9.31. The molecule has 1 aliphatic rings. The van der Waals surface area contributed by atoms with Crippen LogP contribution in [0.2, 0.25) is 0 Å². The SMILES string of the molecule is C[C@]1(c2cccc3ccccc23)C=CCS1. The third-order valence-electron chi connectivity index (χ3n) is 3.24. The molecular weight excluding hydrogens is 212 g/mol. The second-order valence-electron chi connectivity index (χ2n) is 4.35. The predicted octanol–water partition coefficient (Wildman–Crippen LogP) is 4.36. The van der Waals surface area contributed by atoms with Gasteiger partial charge in [-0.15, -0.1) is 11.8 Å². The predicted molar refractivity (Wildman–Crippen MR) is 72.9 cm³/mol. The van der Waals surface area contributed by atoms with Crippen molar-refractivity contribution < 1.29 is 0 Å². The van der Waals surface area contributed by atoms with Crippen LogP contribution in [0.4, 0.5) is 0 Å². The van der Waals surface area contributed by atoms with Crippen molar-refractivity contribution in [2.24, 2.45) is 0 Å². The largest absolute Gasteiger partial charge is 0.142 e. The summed E-state index contributed by atoms with van der Waals surface area (Å²) in [4.78, 5) is 0. The fraction of sp³-hybridized carbons (Fsp3) is 0.200. The smallest absolute Gasteiger partial charge is 0.0569 e. The van der Waals surface area contributed by atoms with Crippen LogP contribution in [-0.4, -0.2) is 5.75 Å². The standard InChI is InChI=1S/C15H14S/c1-15(10-5-11-16-15)14-9-4-7-12-6-2-3-8-13(12)14/h2-10H,11H2,1H3/t15-/m1/s1. The van der Waals surface area contributed by atoms with E-state index in [0.29, 0.717) is 0 Å². The molecule has 0 aromatic heterocycles. The molecule has 0 nitrogen and oxygen atoms in total. The van der Waals surface area contributed by atoms with Crippen molar-refractivity contribution in [1.82, 2.24) is 0 Å². The van der Waals surface area contributed by atoms with E-state index < -0.39 is 0 Å². The molecular formula is C15H14S. The molecule has 0 saturated heterocycles. The van der Waals surface area contributed by atoms with Crippen LogP contribution in [0.25, 0.3) is 10.8 Å². The van der Waals surface area contributed by atoms with E-state index in [0.717, 1.165) is 5.75 Å². The monoisotopic (exact) mass is 226 g/mol. The van der Waals surface area contributed by atoms with Gasteiger partial charge in [0.25, 0.3) is 0 Å². The van der Waals surface area contributed by atoms with Gasteiger partial charge in [-0.25, -0.2) is 0 Å². The van der Waals surface area contributed by atoms with Gasteiger partial charge in [0.2, 0.25) is 0 Å². The Kier molecular flexibility index (Phi) is 2.29. The molecule has 1 heterocycles. The van der Waals surface area contributed by atoms with Gasteiger partial charge in [0.15, 0.2) is 0 Å². The van der Waals surface area contributed by atoms with E-state index in [1.54, 1.807) is 0 Å². The van der Waals surface area contributed by atoms with Gasteiger partial charge < -0.3 is 0 Å². The van der Waals surface area contributed by atoms with Gasteiger partial charge in [-0.05, 0) is 23.3 Å². The highest BCUT2D eigenvalue weighted by Gasteiger charge is 2.28. The lowest BCUT2D eigenvalue weighted by molar-refractivity contribution is 0.903. The van der Waals surface area contributed by atoms with E-state index in [9.17, 15) is 0 Å². The van der Waals surface area contributed by atoms with Gasteiger partial charge in [0.1, 0.15) is 0 Å². The van der Waals surface area contributed by atoms with E-state index in [2.05, 4.69) is 61.5 Å². The van der Waals surface area contributed by atoms with Gasteiger partial charge in [0, 0.05) is 5.75 Å². The minimum atomic E-state index is 0.154. The van der Waals surface area contributed by atoms with Crippen molar-refractivity contribution >= 4 is 22.5 Å². The summed E-state index contributed by atoms with van der Waals surface area (Å²) in [6.07, 6.45) is 4.60. The third kappa shape index (κ3) is 1.47. The van der Waals surface area contributed by atoms with Gasteiger partial charge in [0.05, 0.1) is 4.75 Å². The second-order valence-corrected chi connectivity index (χ2v) is 5.82. The Morgan fingerprint density at radius 3 is 2.69 bits per heavy atom. The maximum atomic E-state index is 2.33. The molecule has 0 fully saturated rings. The van der Waals surface area contributed by atoms with Crippen molar-refractivity contribution in [3.8, 4) is 0 Å². The average Bonchev–Trinajstić information content (AvgIpc) is 2.77. The van der Waals surface area contributed by atoms with Gasteiger partial charge in [-0.2, -0.15) is 0 Å². The van der Waals surface area contributed by atoms with Crippen LogP contribution in [0.3, 0.4) is 0 Å². The summed E-state index contributed by atoms with van der Waals surface area (Å²) in [7, 11) is 0. The van der Waals surface area contributed by atoms with Gasteiger partial charge >= 0.3 is 0 Å². The summed E-state index contributed by atoms with van der Waals surface area (Å²) in [6.45, 7) is 2.31. The first-order chi connectivity index (χ1) is 7.80. The number of hydrogen-bond acceptors (Lipinski definition) is 1. The molecule has 3 rings (SSSR count). The summed E-state index contributed by atoms with van der Waals surface area (Å²) < 4.78 is 0.154. The summed E-state index contributed by atoms with van der Waals surface area (Å²) in [5, 5.41) is 2.72. The van der Waals surface area contributed by atoms with Crippen molar-refractivity contribution in [1.29, 1.82) is 0 Å². The van der Waals surface area contributed by atoms with E-state index in [1.807, 2.05) is 11.8 Å². The van der Waals surface area contributed by atoms with Crippen molar-refractivity contribution in [3.05, 3.63) is 60.2 Å². The highest BCUT2D eigenvalue weighted by atomic mass is 32.2. The van der Waals surface area contributed by atoms with Gasteiger partial charge in [-0.1, -0.05) is 54.6 Å². The molecule has 0 radical (unpaired) electrons. The Hall–Kier alpha value is -1.21. The first kappa shape index (κ1) is 9.98. The molecule has 1 heteroatoms. The number of fused-ring (bicyclic) bond motifs is 1. The molecule has 0 spiro atoms. The lowest BCUT2D eigenvalue weighted by Crippen LogP contribution is -2.11. The number of hydrogen-bond donors (Lipinski definition) is 0. The lowest BCUT2D eigenvalue weighted by Gasteiger charge is -2.23. The van der Waals surface area contributed by atoms with Crippen LogP contribution in [0.5, 0.6) is 0 Å². The molecule has 1 atom stereocenters. The molecule has 0 aliphatic carbocycles. The topological polar surface area (TPSA) is 0 Å². The molecule has 0 saturated carbocycles. The Balaban J connectivity index is 2.27. The van der Waals surface area contributed by atoms with Crippen molar-refractivity contribution in [2.45, 2.75) is 11.7 Å².